The average molecular weight is 345 g/mol. The number of hydrogen-bond acceptors (Lipinski definition) is 5. The van der Waals surface area contributed by atoms with E-state index in [4.69, 9.17) is 10.5 Å². The number of halogens is 1. The minimum absolute atomic E-state index is 0.241. The normalized spacial score (nSPS) is 17.7. The Morgan fingerprint density at radius 2 is 2.25 bits per heavy atom. The Hall–Kier alpha value is -1.41. The highest BCUT2D eigenvalue weighted by Crippen LogP contribution is 2.31. The van der Waals surface area contributed by atoms with Crippen LogP contribution in [0.2, 0.25) is 0 Å². The molecule has 1 aliphatic heterocycles. The Balaban J connectivity index is 2.16. The maximum absolute atomic E-state index is 11.8. The molecule has 0 spiro atoms. The molecule has 0 aliphatic carbocycles. The molecule has 1 fully saturated rings. The molecule has 2 rings (SSSR count). The van der Waals surface area contributed by atoms with E-state index in [1.165, 1.54) is 4.68 Å². The van der Waals surface area contributed by atoms with Crippen molar-refractivity contribution in [3.63, 3.8) is 0 Å². The molecule has 0 saturated carbocycles. The number of primary amides is 1. The van der Waals surface area contributed by atoms with Crippen LogP contribution in [0.1, 0.15) is 12.8 Å². The number of aromatic nitrogens is 2. The second kappa shape index (κ2) is 5.92. The van der Waals surface area contributed by atoms with Crippen molar-refractivity contribution in [1.82, 2.24) is 9.78 Å². The van der Waals surface area contributed by atoms with Crippen molar-refractivity contribution in [3.05, 3.63) is 21.0 Å². The van der Waals surface area contributed by atoms with Crippen LogP contribution in [0, 0.1) is 5.41 Å². The number of carbonyl (C=O) groups is 1. The van der Waals surface area contributed by atoms with Crippen molar-refractivity contribution in [2.24, 2.45) is 18.2 Å². The SMILES string of the molecule is Cn1ncc(NCC2(C(N)=O)CCOCC2)c(Br)c1=O. The van der Waals surface area contributed by atoms with E-state index >= 15 is 0 Å². The number of nitrogens with zero attached hydrogens (tertiary/aromatic N) is 2. The molecule has 1 saturated heterocycles. The van der Waals surface area contributed by atoms with Crippen LogP contribution in [0.4, 0.5) is 5.69 Å². The summed E-state index contributed by atoms with van der Waals surface area (Å²) in [6.07, 6.45) is 2.69. The van der Waals surface area contributed by atoms with Gasteiger partial charge in [0.1, 0.15) is 4.47 Å². The average Bonchev–Trinajstić information content (AvgIpc) is 2.45. The van der Waals surface area contributed by atoms with Crippen molar-refractivity contribution in [3.8, 4) is 0 Å². The molecule has 0 atom stereocenters. The van der Waals surface area contributed by atoms with Crippen molar-refractivity contribution >= 4 is 27.5 Å². The molecular formula is C12H17BrN4O3. The van der Waals surface area contributed by atoms with Gasteiger partial charge in [-0.15, -0.1) is 0 Å². The molecule has 0 unspecified atom stereocenters. The van der Waals surface area contributed by atoms with E-state index in [0.29, 0.717) is 42.8 Å². The molecule has 7 nitrogen and oxygen atoms in total. The molecule has 0 bridgehead atoms. The van der Waals surface area contributed by atoms with E-state index in [-0.39, 0.29) is 11.5 Å². The number of carbonyl (C=O) groups excluding carboxylic acids is 1. The molecule has 8 heteroatoms. The second-order valence-electron chi connectivity index (χ2n) is 4.91. The number of hydrogen-bond donors (Lipinski definition) is 2. The highest BCUT2D eigenvalue weighted by molar-refractivity contribution is 9.10. The summed E-state index contributed by atoms with van der Waals surface area (Å²) in [5.41, 5.74) is 5.21. The predicted molar refractivity (Wildman–Crippen MR) is 77.3 cm³/mol. The fraction of sp³-hybridized carbons (Fsp3) is 0.583. The largest absolute Gasteiger partial charge is 0.382 e. The first-order valence-corrected chi connectivity index (χ1v) is 7.09. The van der Waals surface area contributed by atoms with Crippen LogP contribution >= 0.6 is 15.9 Å². The Morgan fingerprint density at radius 1 is 1.60 bits per heavy atom. The summed E-state index contributed by atoms with van der Waals surface area (Å²) in [5.74, 6) is -0.346. The molecule has 20 heavy (non-hydrogen) atoms. The summed E-state index contributed by atoms with van der Waals surface area (Å²) in [7, 11) is 1.57. The minimum Gasteiger partial charge on any atom is -0.382 e. The number of ether oxygens (including phenoxy) is 1. The summed E-state index contributed by atoms with van der Waals surface area (Å²) in [4.78, 5) is 23.5. The third-order valence-electron chi connectivity index (χ3n) is 3.67. The second-order valence-corrected chi connectivity index (χ2v) is 5.70. The first-order valence-electron chi connectivity index (χ1n) is 6.30. The van der Waals surface area contributed by atoms with Gasteiger partial charge in [0.05, 0.1) is 17.3 Å². The van der Waals surface area contributed by atoms with Gasteiger partial charge in [0, 0.05) is 26.8 Å². The van der Waals surface area contributed by atoms with Gasteiger partial charge in [0.15, 0.2) is 0 Å². The lowest BCUT2D eigenvalue weighted by Crippen LogP contribution is -2.46. The Labute approximate surface area is 124 Å². The van der Waals surface area contributed by atoms with Gasteiger partial charge < -0.3 is 15.8 Å². The summed E-state index contributed by atoms with van der Waals surface area (Å²) in [6, 6.07) is 0. The predicted octanol–water partition coefficient (Wildman–Crippen LogP) is 0.237. The van der Waals surface area contributed by atoms with Gasteiger partial charge in [-0.25, -0.2) is 4.68 Å². The van der Waals surface area contributed by atoms with Crippen LogP contribution in [0.5, 0.6) is 0 Å². The first-order chi connectivity index (χ1) is 9.46. The van der Waals surface area contributed by atoms with Crippen molar-refractivity contribution < 1.29 is 9.53 Å². The lowest BCUT2D eigenvalue weighted by molar-refractivity contribution is -0.132. The fourth-order valence-electron chi connectivity index (χ4n) is 2.17. The van der Waals surface area contributed by atoms with Crippen LogP contribution in [0.25, 0.3) is 0 Å². The number of nitrogens with one attached hydrogen (secondary N) is 1. The zero-order chi connectivity index (χ0) is 14.8. The van der Waals surface area contributed by atoms with Gasteiger partial charge in [0.25, 0.3) is 5.56 Å². The highest BCUT2D eigenvalue weighted by atomic mass is 79.9. The highest BCUT2D eigenvalue weighted by Gasteiger charge is 2.38. The Morgan fingerprint density at radius 3 is 2.85 bits per heavy atom. The topological polar surface area (TPSA) is 99.2 Å². The number of anilines is 1. The molecule has 0 aromatic carbocycles. The minimum atomic E-state index is -0.640. The molecule has 110 valence electrons. The third-order valence-corrected chi connectivity index (χ3v) is 4.43. The van der Waals surface area contributed by atoms with E-state index in [1.54, 1.807) is 13.2 Å². The maximum Gasteiger partial charge on any atom is 0.282 e. The Bertz CT molecular complexity index is 566. The van der Waals surface area contributed by atoms with Gasteiger partial charge in [0.2, 0.25) is 5.91 Å². The fourth-order valence-corrected chi connectivity index (χ4v) is 2.67. The molecular weight excluding hydrogens is 328 g/mol. The monoisotopic (exact) mass is 344 g/mol. The third kappa shape index (κ3) is 2.85. The molecule has 0 radical (unpaired) electrons. The lowest BCUT2D eigenvalue weighted by atomic mass is 9.79. The molecule has 1 aromatic rings. The Kier molecular flexibility index (Phi) is 4.44. The maximum atomic E-state index is 11.8. The number of aryl methyl sites for hydroxylation is 1. The summed E-state index contributed by atoms with van der Waals surface area (Å²) in [5, 5.41) is 7.04. The van der Waals surface area contributed by atoms with Crippen LogP contribution in [-0.4, -0.2) is 35.4 Å². The number of rotatable bonds is 4. The van der Waals surface area contributed by atoms with E-state index in [9.17, 15) is 9.59 Å². The summed E-state index contributed by atoms with van der Waals surface area (Å²) in [6.45, 7) is 1.39. The van der Waals surface area contributed by atoms with Crippen molar-refractivity contribution in [1.29, 1.82) is 0 Å². The van der Waals surface area contributed by atoms with Crippen LogP contribution in [0.3, 0.4) is 0 Å². The van der Waals surface area contributed by atoms with Crippen LogP contribution < -0.4 is 16.6 Å². The van der Waals surface area contributed by atoms with Gasteiger partial charge >= 0.3 is 0 Å². The van der Waals surface area contributed by atoms with Crippen LogP contribution in [0.15, 0.2) is 15.5 Å². The smallest absolute Gasteiger partial charge is 0.282 e. The molecule has 1 amide bonds. The zero-order valence-corrected chi connectivity index (χ0v) is 12.8. The van der Waals surface area contributed by atoms with Crippen molar-refractivity contribution in [2.45, 2.75) is 12.8 Å². The van der Waals surface area contributed by atoms with Gasteiger partial charge in [-0.2, -0.15) is 5.10 Å². The van der Waals surface area contributed by atoms with Gasteiger partial charge in [-0.1, -0.05) is 0 Å². The van der Waals surface area contributed by atoms with Crippen LogP contribution in [-0.2, 0) is 16.6 Å². The zero-order valence-electron chi connectivity index (χ0n) is 11.2. The van der Waals surface area contributed by atoms with Crippen molar-refractivity contribution in [2.75, 3.05) is 25.1 Å². The molecule has 2 heterocycles. The number of amides is 1. The van der Waals surface area contributed by atoms with Gasteiger partial charge in [-0.3, -0.25) is 9.59 Å². The number of nitrogens with two attached hydrogens (primary N) is 1. The van der Waals surface area contributed by atoms with Gasteiger partial charge in [-0.05, 0) is 28.8 Å². The lowest BCUT2D eigenvalue weighted by Gasteiger charge is -2.34. The molecule has 3 N–H and O–H groups in total. The first kappa shape index (κ1) is 15.0. The molecule has 1 aliphatic rings. The van der Waals surface area contributed by atoms with E-state index in [1.807, 2.05) is 0 Å². The standard InChI is InChI=1S/C12H17BrN4O3/c1-17-10(18)9(13)8(6-16-17)15-7-12(11(14)19)2-4-20-5-3-12/h6,15H,2-5,7H2,1H3,(H2,14,19). The quantitative estimate of drug-likeness (QED) is 0.814. The molecule has 1 aromatic heterocycles. The summed E-state index contributed by atoms with van der Waals surface area (Å²) < 4.78 is 6.90. The van der Waals surface area contributed by atoms with E-state index in [0.717, 1.165) is 0 Å². The summed E-state index contributed by atoms with van der Waals surface area (Å²) >= 11 is 3.23. The van der Waals surface area contributed by atoms with E-state index < -0.39 is 5.41 Å². The van der Waals surface area contributed by atoms with E-state index in [2.05, 4.69) is 26.3 Å².